The van der Waals surface area contributed by atoms with Crippen LogP contribution in [0.1, 0.15) is 23.6 Å². The van der Waals surface area contributed by atoms with Crippen molar-refractivity contribution >= 4 is 45.9 Å². The average Bonchev–Trinajstić information content (AvgIpc) is 3.89. The zero-order valence-corrected chi connectivity index (χ0v) is 40.0. The smallest absolute Gasteiger partial charge is 0.180 e. The molecule has 13 rings (SSSR count). The van der Waals surface area contributed by atoms with E-state index < -0.39 is 8.07 Å². The Morgan fingerprint density at radius 2 is 0.714 bits per heavy atom. The van der Waals surface area contributed by atoms with Crippen LogP contribution in [-0.2, 0) is 5.41 Å². The van der Waals surface area contributed by atoms with Crippen molar-refractivity contribution in [2.75, 3.05) is 4.90 Å². The summed E-state index contributed by atoms with van der Waals surface area (Å²) in [7, 11) is -2.87. The maximum Gasteiger partial charge on any atom is 0.180 e. The first-order chi connectivity index (χ1) is 34.6. The van der Waals surface area contributed by atoms with E-state index >= 15 is 0 Å². The van der Waals surface area contributed by atoms with Crippen molar-refractivity contribution < 1.29 is 0 Å². The zero-order chi connectivity index (χ0) is 46.7. The Hall–Kier alpha value is -8.56. The minimum Gasteiger partial charge on any atom is -0.311 e. The minimum absolute atomic E-state index is 0.263. The van der Waals surface area contributed by atoms with Gasteiger partial charge in [0.15, 0.2) is 8.07 Å². The fourth-order valence-electron chi connectivity index (χ4n) is 11.9. The van der Waals surface area contributed by atoms with Gasteiger partial charge in [0.25, 0.3) is 0 Å². The largest absolute Gasteiger partial charge is 0.311 e. The zero-order valence-electron chi connectivity index (χ0n) is 39.0. The highest BCUT2D eigenvalue weighted by Gasteiger charge is 2.49. The normalized spacial score (nSPS) is 14.8. The van der Waals surface area contributed by atoms with Crippen molar-refractivity contribution in [3.8, 4) is 55.6 Å². The third-order valence-electron chi connectivity index (χ3n) is 15.2. The molecule has 11 aromatic rings. The molecule has 70 heavy (non-hydrogen) atoms. The van der Waals surface area contributed by atoms with Gasteiger partial charge in [-0.05, 0) is 142 Å². The molecule has 0 saturated heterocycles. The molecular weight excluding hydrogens is 859 g/mol. The van der Waals surface area contributed by atoms with Crippen molar-refractivity contribution in [3.05, 3.63) is 296 Å². The molecule has 0 bridgehead atoms. The second-order valence-electron chi connectivity index (χ2n) is 18.9. The molecule has 11 aromatic carbocycles. The third kappa shape index (κ3) is 6.59. The van der Waals surface area contributed by atoms with Gasteiger partial charge in [0.1, 0.15) is 0 Å². The molecule has 0 spiro atoms. The van der Waals surface area contributed by atoms with Crippen molar-refractivity contribution in [1.29, 1.82) is 0 Å². The van der Waals surface area contributed by atoms with E-state index in [1.807, 2.05) is 0 Å². The number of anilines is 3. The lowest BCUT2D eigenvalue weighted by Crippen LogP contribution is -2.72. The van der Waals surface area contributed by atoms with Gasteiger partial charge < -0.3 is 4.90 Å². The Morgan fingerprint density at radius 1 is 0.286 bits per heavy atom. The summed E-state index contributed by atoms with van der Waals surface area (Å²) in [6.07, 6.45) is 0. The van der Waals surface area contributed by atoms with Gasteiger partial charge in [-0.2, -0.15) is 0 Å². The van der Waals surface area contributed by atoms with Crippen molar-refractivity contribution in [2.24, 2.45) is 0 Å². The molecule has 1 heterocycles. The maximum absolute atomic E-state index is 2.87. The average molecular weight is 908 g/mol. The summed E-state index contributed by atoms with van der Waals surface area (Å²) in [5.74, 6) is 0. The molecular formula is C68H49NSi. The SMILES string of the molecule is CC1(c2ccccc2)c2ccccc2-c2ccc(-c3ccc(N(c4ccc(-c5ccccc5)cc4)c4cccc([Si]5(c6cccc(-c7ccccc7)c6)c6ccccc6-c6ccccc65)c4)cc3)cc21. The Morgan fingerprint density at radius 3 is 1.34 bits per heavy atom. The molecule has 1 nitrogen and oxygen atoms in total. The first kappa shape index (κ1) is 41.6. The summed E-state index contributed by atoms with van der Waals surface area (Å²) >= 11 is 0. The van der Waals surface area contributed by atoms with E-state index in [0.717, 1.165) is 17.1 Å². The van der Waals surface area contributed by atoms with E-state index in [1.165, 1.54) is 93.1 Å². The molecule has 0 fully saturated rings. The number of fused-ring (bicyclic) bond motifs is 6. The van der Waals surface area contributed by atoms with Gasteiger partial charge in [-0.1, -0.05) is 237 Å². The van der Waals surface area contributed by atoms with E-state index in [1.54, 1.807) is 0 Å². The summed E-state index contributed by atoms with van der Waals surface area (Å²) in [6, 6.07) is 104. The number of rotatable bonds is 9. The Labute approximate surface area is 412 Å². The van der Waals surface area contributed by atoms with Crippen molar-refractivity contribution in [3.63, 3.8) is 0 Å². The van der Waals surface area contributed by atoms with Gasteiger partial charge in [-0.15, -0.1) is 0 Å². The van der Waals surface area contributed by atoms with Crippen LogP contribution in [0.5, 0.6) is 0 Å². The van der Waals surface area contributed by atoms with Crippen LogP contribution in [0.2, 0.25) is 0 Å². The fourth-order valence-corrected chi connectivity index (χ4v) is 17.1. The van der Waals surface area contributed by atoms with Gasteiger partial charge in [0.05, 0.1) is 0 Å². The van der Waals surface area contributed by atoms with Crippen molar-refractivity contribution in [1.82, 2.24) is 0 Å². The molecule has 330 valence electrons. The van der Waals surface area contributed by atoms with E-state index in [0.29, 0.717) is 0 Å². The third-order valence-corrected chi connectivity index (χ3v) is 20.1. The van der Waals surface area contributed by atoms with Gasteiger partial charge in [-0.3, -0.25) is 0 Å². The summed E-state index contributed by atoms with van der Waals surface area (Å²) < 4.78 is 0. The van der Waals surface area contributed by atoms with Crippen LogP contribution in [0.3, 0.4) is 0 Å². The number of hydrogen-bond acceptors (Lipinski definition) is 1. The van der Waals surface area contributed by atoms with Crippen LogP contribution in [0.25, 0.3) is 55.6 Å². The predicted octanol–water partition coefficient (Wildman–Crippen LogP) is 14.8. The first-order valence-corrected chi connectivity index (χ1v) is 26.4. The molecule has 0 radical (unpaired) electrons. The molecule has 1 unspecified atom stereocenters. The fraction of sp³-hybridized carbons (Fsp3) is 0.0294. The molecule has 1 aliphatic heterocycles. The van der Waals surface area contributed by atoms with Crippen LogP contribution in [0.4, 0.5) is 17.1 Å². The van der Waals surface area contributed by atoms with E-state index in [-0.39, 0.29) is 5.41 Å². The predicted molar refractivity (Wildman–Crippen MR) is 297 cm³/mol. The van der Waals surface area contributed by atoms with Crippen LogP contribution in [0, 0.1) is 0 Å². The Kier molecular flexibility index (Phi) is 10.0. The number of nitrogens with zero attached hydrogens (tertiary/aromatic N) is 1. The highest BCUT2D eigenvalue weighted by Crippen LogP contribution is 2.53. The summed E-state index contributed by atoms with van der Waals surface area (Å²) in [4.78, 5) is 2.45. The lowest BCUT2D eigenvalue weighted by atomic mass is 9.74. The second kappa shape index (κ2) is 16.9. The van der Waals surface area contributed by atoms with Crippen LogP contribution in [-0.4, -0.2) is 8.07 Å². The van der Waals surface area contributed by atoms with E-state index in [4.69, 9.17) is 0 Å². The second-order valence-corrected chi connectivity index (χ2v) is 22.7. The summed E-state index contributed by atoms with van der Waals surface area (Å²) in [6.45, 7) is 2.39. The molecule has 1 aliphatic carbocycles. The van der Waals surface area contributed by atoms with Crippen LogP contribution < -0.4 is 25.6 Å². The lowest BCUT2D eigenvalue weighted by molar-refractivity contribution is 0.714. The molecule has 0 amide bonds. The monoisotopic (exact) mass is 907 g/mol. The highest BCUT2D eigenvalue weighted by molar-refractivity contribution is 7.22. The molecule has 2 heteroatoms. The number of hydrogen-bond donors (Lipinski definition) is 0. The molecule has 2 aliphatic rings. The first-order valence-electron chi connectivity index (χ1n) is 24.4. The lowest BCUT2D eigenvalue weighted by Gasteiger charge is -2.33. The number of benzene rings is 11. The molecule has 0 saturated carbocycles. The van der Waals surface area contributed by atoms with E-state index in [9.17, 15) is 0 Å². The van der Waals surface area contributed by atoms with Crippen LogP contribution >= 0.6 is 0 Å². The maximum atomic E-state index is 2.50. The molecule has 1 atom stereocenters. The van der Waals surface area contributed by atoms with Crippen LogP contribution in [0.15, 0.2) is 279 Å². The molecule has 0 N–H and O–H groups in total. The van der Waals surface area contributed by atoms with Gasteiger partial charge >= 0.3 is 0 Å². The van der Waals surface area contributed by atoms with Crippen molar-refractivity contribution in [2.45, 2.75) is 12.3 Å². The quantitative estimate of drug-likeness (QED) is 0.130. The minimum atomic E-state index is -2.87. The highest BCUT2D eigenvalue weighted by atomic mass is 28.3. The van der Waals surface area contributed by atoms with Gasteiger partial charge in [-0.25, -0.2) is 0 Å². The van der Waals surface area contributed by atoms with Gasteiger partial charge in [0.2, 0.25) is 0 Å². The standard InChI is InChI=1S/C68H49NSi/c1-68(54-24-9-4-10-25-54)64-32-14-11-29-60(64)61-44-39-53(46-65(61)68)51-37-42-56(43-38-51)69(55-40-35-50(36-41-55)48-19-5-2-6-20-48)57-26-18-28-59(47-57)70(58-27-17-23-52(45-58)49-21-7-3-8-22-49)66-33-15-12-30-62(66)63-31-13-16-34-67(63)70/h2-47H,1H3. The summed E-state index contributed by atoms with van der Waals surface area (Å²) in [5.41, 5.74) is 19.7. The van der Waals surface area contributed by atoms with E-state index in [2.05, 4.69) is 291 Å². The Bertz CT molecular complexity index is 3670. The topological polar surface area (TPSA) is 3.24 Å². The molecule has 0 aromatic heterocycles. The Balaban J connectivity index is 0.964. The summed E-state index contributed by atoms with van der Waals surface area (Å²) in [5, 5.41) is 5.60. The van der Waals surface area contributed by atoms with Gasteiger partial charge in [0, 0.05) is 22.5 Å².